The summed E-state index contributed by atoms with van der Waals surface area (Å²) in [5.74, 6) is -5.11. The van der Waals surface area contributed by atoms with Gasteiger partial charge in [0.15, 0.2) is 11.6 Å². The number of halogens is 2. The van der Waals surface area contributed by atoms with Gasteiger partial charge in [-0.3, -0.25) is 4.79 Å². The van der Waals surface area contributed by atoms with E-state index < -0.39 is 40.7 Å². The smallest absolute Gasteiger partial charge is 0.336 e. The lowest BCUT2D eigenvalue weighted by Gasteiger charge is -2.09. The van der Waals surface area contributed by atoms with E-state index in [1.807, 2.05) is 0 Å². The van der Waals surface area contributed by atoms with Gasteiger partial charge in [-0.15, -0.1) is 0 Å². The summed E-state index contributed by atoms with van der Waals surface area (Å²) in [5, 5.41) is 19.9. The third-order valence-electron chi connectivity index (χ3n) is 2.09. The molecule has 0 heterocycles. The van der Waals surface area contributed by atoms with E-state index in [1.165, 1.54) is 6.92 Å². The maximum absolute atomic E-state index is 13.0. The lowest BCUT2D eigenvalue weighted by atomic mass is 10.1. The molecule has 0 saturated carbocycles. The van der Waals surface area contributed by atoms with Gasteiger partial charge in [0.1, 0.15) is 0 Å². The normalized spacial score (nSPS) is 12.0. The van der Waals surface area contributed by atoms with Gasteiger partial charge in [0, 0.05) is 6.54 Å². The molecule has 1 amide bonds. The van der Waals surface area contributed by atoms with Crippen LogP contribution < -0.4 is 5.32 Å². The molecule has 7 heteroatoms. The van der Waals surface area contributed by atoms with E-state index in [2.05, 4.69) is 5.32 Å². The number of amides is 1. The fourth-order valence-corrected chi connectivity index (χ4v) is 1.25. The van der Waals surface area contributed by atoms with Crippen LogP contribution in [0.2, 0.25) is 0 Å². The van der Waals surface area contributed by atoms with Crippen LogP contribution in [0.3, 0.4) is 0 Å². The zero-order chi connectivity index (χ0) is 13.9. The molecule has 0 radical (unpaired) electrons. The number of carbonyl (C=O) groups is 2. The Labute approximate surface area is 101 Å². The molecule has 0 aliphatic rings. The van der Waals surface area contributed by atoms with Crippen molar-refractivity contribution in [2.45, 2.75) is 13.0 Å². The van der Waals surface area contributed by atoms with Crippen molar-refractivity contribution in [2.75, 3.05) is 6.54 Å². The van der Waals surface area contributed by atoms with Crippen LogP contribution in [0.1, 0.15) is 27.6 Å². The van der Waals surface area contributed by atoms with Crippen molar-refractivity contribution in [2.24, 2.45) is 0 Å². The van der Waals surface area contributed by atoms with Gasteiger partial charge in [0.05, 0.1) is 17.2 Å². The summed E-state index contributed by atoms with van der Waals surface area (Å²) in [6, 6.07) is 0.950. The minimum Gasteiger partial charge on any atom is -0.478 e. The van der Waals surface area contributed by atoms with E-state index >= 15 is 0 Å². The molecule has 0 saturated heterocycles. The lowest BCUT2D eigenvalue weighted by Crippen LogP contribution is -2.31. The van der Waals surface area contributed by atoms with Gasteiger partial charge in [0.2, 0.25) is 0 Å². The third kappa shape index (κ3) is 3.24. The standard InChI is InChI=1S/C11H11F2NO4/c1-5(15)4-14-10(16)6-2-8(12)9(13)3-7(6)11(17)18/h2-3,5,15H,4H2,1H3,(H,14,16)(H,17,18)/t5-/m1/s1. The summed E-state index contributed by atoms with van der Waals surface area (Å²) < 4.78 is 25.9. The summed E-state index contributed by atoms with van der Waals surface area (Å²) >= 11 is 0. The summed E-state index contributed by atoms with van der Waals surface area (Å²) in [5.41, 5.74) is -1.14. The first-order chi connectivity index (χ1) is 8.32. The number of aromatic carboxylic acids is 1. The van der Waals surface area contributed by atoms with Crippen molar-refractivity contribution in [3.63, 3.8) is 0 Å². The van der Waals surface area contributed by atoms with Gasteiger partial charge < -0.3 is 15.5 Å². The molecule has 1 rings (SSSR count). The van der Waals surface area contributed by atoms with Crippen LogP contribution in [0.25, 0.3) is 0 Å². The second-order valence-corrected chi connectivity index (χ2v) is 3.68. The van der Waals surface area contributed by atoms with Gasteiger partial charge in [0.25, 0.3) is 5.91 Å². The molecule has 18 heavy (non-hydrogen) atoms. The zero-order valence-corrected chi connectivity index (χ0v) is 9.41. The van der Waals surface area contributed by atoms with E-state index in [0.717, 1.165) is 0 Å². The average molecular weight is 259 g/mol. The van der Waals surface area contributed by atoms with Crippen molar-refractivity contribution in [3.05, 3.63) is 34.9 Å². The SMILES string of the molecule is C[C@@H](O)CNC(=O)c1cc(F)c(F)cc1C(=O)O. The highest BCUT2D eigenvalue weighted by atomic mass is 19.2. The van der Waals surface area contributed by atoms with Crippen molar-refractivity contribution < 1.29 is 28.6 Å². The second kappa shape index (κ2) is 5.54. The molecule has 0 aromatic heterocycles. The first-order valence-electron chi connectivity index (χ1n) is 5.01. The maximum Gasteiger partial charge on any atom is 0.336 e. The molecule has 0 fully saturated rings. The Balaban J connectivity index is 3.10. The van der Waals surface area contributed by atoms with Gasteiger partial charge >= 0.3 is 5.97 Å². The van der Waals surface area contributed by atoms with Crippen LogP contribution in [-0.4, -0.2) is 34.7 Å². The van der Waals surface area contributed by atoms with Gasteiger partial charge in [-0.1, -0.05) is 0 Å². The average Bonchev–Trinajstić information content (AvgIpc) is 2.28. The number of carboxylic acids is 1. The molecule has 1 aromatic rings. The number of hydrogen-bond donors (Lipinski definition) is 3. The topological polar surface area (TPSA) is 86.6 Å². The van der Waals surface area contributed by atoms with Crippen LogP contribution in [0.15, 0.2) is 12.1 Å². The molecule has 1 atom stereocenters. The molecular formula is C11H11F2NO4. The van der Waals surface area contributed by atoms with Crippen LogP contribution in [0, 0.1) is 11.6 Å². The fraction of sp³-hybridized carbons (Fsp3) is 0.273. The molecule has 0 aliphatic heterocycles. The Hall–Kier alpha value is -2.02. The Morgan fingerprint density at radius 2 is 1.78 bits per heavy atom. The number of aliphatic hydroxyl groups is 1. The van der Waals surface area contributed by atoms with E-state index in [-0.39, 0.29) is 6.54 Å². The van der Waals surface area contributed by atoms with Gasteiger partial charge in [-0.05, 0) is 19.1 Å². The molecule has 0 aliphatic carbocycles. The van der Waals surface area contributed by atoms with Gasteiger partial charge in [-0.25, -0.2) is 13.6 Å². The van der Waals surface area contributed by atoms with E-state index in [4.69, 9.17) is 10.2 Å². The van der Waals surface area contributed by atoms with Crippen molar-refractivity contribution in [1.29, 1.82) is 0 Å². The predicted octanol–water partition coefficient (Wildman–Crippen LogP) is 0.774. The number of hydrogen-bond acceptors (Lipinski definition) is 3. The minimum absolute atomic E-state index is 0.128. The minimum atomic E-state index is -1.55. The summed E-state index contributed by atoms with van der Waals surface area (Å²) in [7, 11) is 0. The quantitative estimate of drug-likeness (QED) is 0.745. The Bertz CT molecular complexity index is 488. The highest BCUT2D eigenvalue weighted by molar-refractivity contribution is 6.04. The van der Waals surface area contributed by atoms with Crippen LogP contribution in [-0.2, 0) is 0 Å². The lowest BCUT2D eigenvalue weighted by molar-refractivity contribution is 0.0690. The highest BCUT2D eigenvalue weighted by Gasteiger charge is 2.20. The largest absolute Gasteiger partial charge is 0.478 e. The first-order valence-corrected chi connectivity index (χ1v) is 5.01. The number of carboxylic acid groups (broad SMARTS) is 1. The summed E-state index contributed by atoms with van der Waals surface area (Å²) in [4.78, 5) is 22.4. The highest BCUT2D eigenvalue weighted by Crippen LogP contribution is 2.15. The predicted molar refractivity (Wildman–Crippen MR) is 57.3 cm³/mol. The first kappa shape index (κ1) is 14.0. The third-order valence-corrected chi connectivity index (χ3v) is 2.09. The van der Waals surface area contributed by atoms with Crippen LogP contribution >= 0.6 is 0 Å². The van der Waals surface area contributed by atoms with Crippen LogP contribution in [0.5, 0.6) is 0 Å². The summed E-state index contributed by atoms with van der Waals surface area (Å²) in [6.45, 7) is 1.28. The Morgan fingerprint density at radius 3 is 2.22 bits per heavy atom. The molecule has 98 valence electrons. The van der Waals surface area contributed by atoms with E-state index in [0.29, 0.717) is 12.1 Å². The molecule has 3 N–H and O–H groups in total. The van der Waals surface area contributed by atoms with E-state index in [9.17, 15) is 18.4 Å². The number of carbonyl (C=O) groups excluding carboxylic acids is 1. The number of aliphatic hydroxyl groups excluding tert-OH is 1. The molecular weight excluding hydrogens is 248 g/mol. The van der Waals surface area contributed by atoms with Gasteiger partial charge in [-0.2, -0.15) is 0 Å². The number of benzene rings is 1. The molecule has 5 nitrogen and oxygen atoms in total. The van der Waals surface area contributed by atoms with E-state index in [1.54, 1.807) is 0 Å². The molecule has 0 bridgehead atoms. The van der Waals surface area contributed by atoms with Crippen LogP contribution in [0.4, 0.5) is 8.78 Å². The molecule has 1 aromatic carbocycles. The van der Waals surface area contributed by atoms with Crippen molar-refractivity contribution in [3.8, 4) is 0 Å². The maximum atomic E-state index is 13.0. The Morgan fingerprint density at radius 1 is 1.28 bits per heavy atom. The molecule has 0 spiro atoms. The summed E-state index contributed by atoms with van der Waals surface area (Å²) in [6.07, 6.45) is -0.840. The zero-order valence-electron chi connectivity index (χ0n) is 9.41. The number of rotatable bonds is 4. The molecule has 0 unspecified atom stereocenters. The Kier molecular flexibility index (Phi) is 4.33. The monoisotopic (exact) mass is 259 g/mol. The van der Waals surface area contributed by atoms with Crippen molar-refractivity contribution >= 4 is 11.9 Å². The fourth-order valence-electron chi connectivity index (χ4n) is 1.25. The number of nitrogens with one attached hydrogen (secondary N) is 1. The second-order valence-electron chi connectivity index (χ2n) is 3.68. The van der Waals surface area contributed by atoms with Crippen molar-refractivity contribution in [1.82, 2.24) is 5.32 Å².